The van der Waals surface area contributed by atoms with Crippen molar-refractivity contribution in [1.82, 2.24) is 14.8 Å². The average Bonchev–Trinajstić information content (AvgIpc) is 2.59. The molecular weight excluding hydrogens is 200 g/mol. The molecule has 2 rings (SSSR count). The van der Waals surface area contributed by atoms with E-state index >= 15 is 0 Å². The van der Waals surface area contributed by atoms with E-state index in [2.05, 4.69) is 36.1 Å². The first kappa shape index (κ1) is 10.7. The van der Waals surface area contributed by atoms with Gasteiger partial charge in [-0.2, -0.15) is 4.98 Å². The second-order valence-corrected chi connectivity index (χ2v) is 4.19. The van der Waals surface area contributed by atoms with Gasteiger partial charge in [-0.3, -0.25) is 0 Å². The summed E-state index contributed by atoms with van der Waals surface area (Å²) >= 11 is 0. The fraction of sp³-hybridized carbons (Fsp3) is 0.333. The molecule has 4 nitrogen and oxygen atoms in total. The number of aryl methyl sites for hydroxylation is 1. The number of nitrogens with zero attached hydrogens (tertiary/aromatic N) is 3. The highest BCUT2D eigenvalue weighted by Gasteiger charge is 2.07. The van der Waals surface area contributed by atoms with Crippen LogP contribution in [0.3, 0.4) is 0 Å². The number of aromatic nitrogens is 3. The van der Waals surface area contributed by atoms with Crippen LogP contribution in [0.25, 0.3) is 11.4 Å². The van der Waals surface area contributed by atoms with E-state index < -0.39 is 0 Å². The largest absolute Gasteiger partial charge is 0.368 e. The van der Waals surface area contributed by atoms with Crippen molar-refractivity contribution in [1.29, 1.82) is 0 Å². The molecule has 0 amide bonds. The minimum atomic E-state index is 0.433. The van der Waals surface area contributed by atoms with Crippen molar-refractivity contribution in [2.24, 2.45) is 7.05 Å². The maximum absolute atomic E-state index is 5.65. The molecule has 1 aromatic carbocycles. The maximum Gasteiger partial charge on any atom is 0.218 e. The number of rotatable bonds is 2. The third-order valence-corrected chi connectivity index (χ3v) is 2.63. The minimum Gasteiger partial charge on any atom is -0.368 e. The van der Waals surface area contributed by atoms with E-state index in [1.54, 1.807) is 11.7 Å². The highest BCUT2D eigenvalue weighted by Crippen LogP contribution is 2.20. The summed E-state index contributed by atoms with van der Waals surface area (Å²) in [6.45, 7) is 4.35. The molecular formula is C12H16N4. The third-order valence-electron chi connectivity index (χ3n) is 2.63. The molecule has 0 aliphatic rings. The van der Waals surface area contributed by atoms with Crippen molar-refractivity contribution < 1.29 is 0 Å². The summed E-state index contributed by atoms with van der Waals surface area (Å²) < 4.78 is 1.58. The Labute approximate surface area is 95.1 Å². The molecule has 84 valence electrons. The van der Waals surface area contributed by atoms with E-state index in [0.29, 0.717) is 17.7 Å². The molecule has 0 radical (unpaired) electrons. The minimum absolute atomic E-state index is 0.433. The fourth-order valence-corrected chi connectivity index (χ4v) is 1.54. The first-order valence-electron chi connectivity index (χ1n) is 5.35. The summed E-state index contributed by atoms with van der Waals surface area (Å²) in [5, 5.41) is 4.24. The Kier molecular flexibility index (Phi) is 2.64. The monoisotopic (exact) mass is 216 g/mol. The van der Waals surface area contributed by atoms with Gasteiger partial charge in [-0.1, -0.05) is 38.1 Å². The van der Waals surface area contributed by atoms with Gasteiger partial charge in [0, 0.05) is 12.6 Å². The van der Waals surface area contributed by atoms with Gasteiger partial charge in [-0.05, 0) is 11.5 Å². The smallest absolute Gasteiger partial charge is 0.218 e. The van der Waals surface area contributed by atoms with Crippen LogP contribution >= 0.6 is 0 Å². The molecule has 4 heteroatoms. The summed E-state index contributed by atoms with van der Waals surface area (Å²) in [7, 11) is 1.79. The summed E-state index contributed by atoms with van der Waals surface area (Å²) in [6.07, 6.45) is 0. The quantitative estimate of drug-likeness (QED) is 0.837. The van der Waals surface area contributed by atoms with Gasteiger partial charge in [0.1, 0.15) is 0 Å². The molecule has 0 bridgehead atoms. The number of anilines is 1. The van der Waals surface area contributed by atoms with Crippen LogP contribution in [0.5, 0.6) is 0 Å². The van der Waals surface area contributed by atoms with Crippen LogP contribution in [0.4, 0.5) is 5.95 Å². The van der Waals surface area contributed by atoms with Gasteiger partial charge in [-0.25, -0.2) is 4.68 Å². The lowest BCUT2D eigenvalue weighted by atomic mass is 10.0. The maximum atomic E-state index is 5.65. The number of hydrogen-bond acceptors (Lipinski definition) is 3. The van der Waals surface area contributed by atoms with Crippen molar-refractivity contribution in [3.05, 3.63) is 29.8 Å². The van der Waals surface area contributed by atoms with Crippen molar-refractivity contribution in [3.8, 4) is 11.4 Å². The van der Waals surface area contributed by atoms with Gasteiger partial charge in [0.05, 0.1) is 0 Å². The van der Waals surface area contributed by atoms with Crippen LogP contribution in [0.2, 0.25) is 0 Å². The predicted octanol–water partition coefficient (Wildman–Crippen LogP) is 2.19. The molecule has 0 unspecified atom stereocenters. The van der Waals surface area contributed by atoms with Gasteiger partial charge in [0.15, 0.2) is 5.82 Å². The van der Waals surface area contributed by atoms with Crippen molar-refractivity contribution >= 4 is 5.95 Å². The van der Waals surface area contributed by atoms with Crippen molar-refractivity contribution in [2.45, 2.75) is 19.8 Å². The Morgan fingerprint density at radius 3 is 2.25 bits per heavy atom. The van der Waals surface area contributed by atoms with Gasteiger partial charge in [-0.15, -0.1) is 5.10 Å². The second-order valence-electron chi connectivity index (χ2n) is 4.19. The van der Waals surface area contributed by atoms with E-state index in [1.165, 1.54) is 5.56 Å². The van der Waals surface area contributed by atoms with Crippen LogP contribution in [-0.2, 0) is 7.05 Å². The molecule has 0 aliphatic heterocycles. The Balaban J connectivity index is 2.34. The highest BCUT2D eigenvalue weighted by atomic mass is 15.4. The molecule has 2 aromatic rings. The Hall–Kier alpha value is -1.84. The molecule has 0 saturated heterocycles. The van der Waals surface area contributed by atoms with E-state index in [9.17, 15) is 0 Å². The van der Waals surface area contributed by atoms with Crippen LogP contribution in [0, 0.1) is 0 Å². The molecule has 0 spiro atoms. The molecule has 0 atom stereocenters. The van der Waals surface area contributed by atoms with Crippen LogP contribution < -0.4 is 5.73 Å². The third kappa shape index (κ3) is 1.91. The van der Waals surface area contributed by atoms with Gasteiger partial charge < -0.3 is 5.73 Å². The standard InChI is InChI=1S/C12H16N4/c1-8(2)9-4-6-10(7-5-9)11-14-12(13)16(3)15-11/h4-8H,1-3H3,(H2,13,14,15). The zero-order valence-electron chi connectivity index (χ0n) is 9.81. The van der Waals surface area contributed by atoms with E-state index in [0.717, 1.165) is 5.56 Å². The summed E-state index contributed by atoms with van der Waals surface area (Å²) in [4.78, 5) is 4.18. The first-order valence-corrected chi connectivity index (χ1v) is 5.35. The lowest BCUT2D eigenvalue weighted by molar-refractivity contribution is 0.781. The zero-order chi connectivity index (χ0) is 11.7. The number of benzene rings is 1. The van der Waals surface area contributed by atoms with Crippen LogP contribution in [-0.4, -0.2) is 14.8 Å². The molecule has 2 N–H and O–H groups in total. The Morgan fingerprint density at radius 1 is 1.19 bits per heavy atom. The number of hydrogen-bond donors (Lipinski definition) is 1. The Bertz CT molecular complexity index is 463. The van der Waals surface area contributed by atoms with Crippen LogP contribution in [0.15, 0.2) is 24.3 Å². The number of nitrogen functional groups attached to an aromatic ring is 1. The number of nitrogens with two attached hydrogens (primary N) is 1. The second kappa shape index (κ2) is 3.96. The van der Waals surface area contributed by atoms with Crippen molar-refractivity contribution in [2.75, 3.05) is 5.73 Å². The molecule has 1 aromatic heterocycles. The highest BCUT2D eigenvalue weighted by molar-refractivity contribution is 5.56. The molecule has 1 heterocycles. The Morgan fingerprint density at radius 2 is 1.81 bits per heavy atom. The first-order chi connectivity index (χ1) is 7.58. The molecule has 0 aliphatic carbocycles. The van der Waals surface area contributed by atoms with Crippen molar-refractivity contribution in [3.63, 3.8) is 0 Å². The van der Waals surface area contributed by atoms with Crippen LogP contribution in [0.1, 0.15) is 25.3 Å². The normalized spacial score (nSPS) is 11.0. The van der Waals surface area contributed by atoms with Gasteiger partial charge >= 0.3 is 0 Å². The van der Waals surface area contributed by atoms with E-state index in [1.807, 2.05) is 12.1 Å². The fourth-order valence-electron chi connectivity index (χ4n) is 1.54. The lowest BCUT2D eigenvalue weighted by Crippen LogP contribution is -1.97. The predicted molar refractivity (Wildman–Crippen MR) is 64.9 cm³/mol. The van der Waals surface area contributed by atoms with Gasteiger partial charge in [0.25, 0.3) is 0 Å². The van der Waals surface area contributed by atoms with Gasteiger partial charge in [0.2, 0.25) is 5.95 Å². The molecule has 0 fully saturated rings. The SMILES string of the molecule is CC(C)c1ccc(-c2nc(N)n(C)n2)cc1. The molecule has 16 heavy (non-hydrogen) atoms. The molecule has 0 saturated carbocycles. The summed E-state index contributed by atoms with van der Waals surface area (Å²) in [5.74, 6) is 1.65. The topological polar surface area (TPSA) is 56.7 Å². The lowest BCUT2D eigenvalue weighted by Gasteiger charge is -2.04. The zero-order valence-corrected chi connectivity index (χ0v) is 9.81. The summed E-state index contributed by atoms with van der Waals surface area (Å²) in [5.41, 5.74) is 7.96. The summed E-state index contributed by atoms with van der Waals surface area (Å²) in [6, 6.07) is 8.27. The van der Waals surface area contributed by atoms with E-state index in [4.69, 9.17) is 5.73 Å². The van der Waals surface area contributed by atoms with E-state index in [-0.39, 0.29) is 0 Å². The average molecular weight is 216 g/mol.